The second-order valence-electron chi connectivity index (χ2n) is 6.97. The summed E-state index contributed by atoms with van der Waals surface area (Å²) in [6.45, 7) is 1.28. The highest BCUT2D eigenvalue weighted by molar-refractivity contribution is 6.17. The Balaban J connectivity index is 1.83. The van der Waals surface area contributed by atoms with Gasteiger partial charge in [0.2, 0.25) is 0 Å². The Morgan fingerprint density at radius 1 is 1.12 bits per heavy atom. The van der Waals surface area contributed by atoms with Crippen LogP contribution in [0.2, 0.25) is 0 Å². The van der Waals surface area contributed by atoms with Gasteiger partial charge in [-0.25, -0.2) is 4.98 Å². The van der Waals surface area contributed by atoms with Gasteiger partial charge in [-0.15, -0.1) is 0 Å². The number of carbonyl (C=O) groups excluding carboxylic acids is 1. The van der Waals surface area contributed by atoms with E-state index in [9.17, 15) is 36.2 Å². The van der Waals surface area contributed by atoms with Crippen LogP contribution in [0.4, 0.5) is 32.2 Å². The van der Waals surface area contributed by atoms with Crippen molar-refractivity contribution >= 4 is 22.9 Å². The molecule has 0 saturated carbocycles. The first kappa shape index (κ1) is 21.5. The highest BCUT2D eigenvalue weighted by Gasteiger charge is 2.40. The fraction of sp³-hybridized carbons (Fsp3) is 0.211. The number of aromatic hydroxyl groups is 1. The molecule has 0 saturated heterocycles. The number of amides is 1. The highest BCUT2D eigenvalue weighted by Crippen LogP contribution is 2.46. The number of carbonyl (C=O) groups is 1. The normalized spacial score (nSPS) is 12.6. The zero-order valence-corrected chi connectivity index (χ0v) is 16.2. The molecule has 0 aliphatic carbocycles. The van der Waals surface area contributed by atoms with Crippen LogP contribution in [-0.2, 0) is 19.4 Å². The number of rotatable bonds is 3. The van der Waals surface area contributed by atoms with Crippen molar-refractivity contribution in [2.75, 3.05) is 5.32 Å². The molecular formula is C19H12F6N4O3. The third-order valence-corrected chi connectivity index (χ3v) is 4.55. The third kappa shape index (κ3) is 3.59. The number of nitrogens with one attached hydrogen (secondary N) is 1. The number of halogens is 6. The van der Waals surface area contributed by atoms with Crippen molar-refractivity contribution in [3.05, 3.63) is 46.9 Å². The second kappa shape index (κ2) is 6.87. The topological polar surface area (TPSA) is 93.2 Å². The number of alkyl halides is 6. The minimum Gasteiger partial charge on any atom is -0.504 e. The minimum atomic E-state index is -4.89. The third-order valence-electron chi connectivity index (χ3n) is 4.55. The summed E-state index contributed by atoms with van der Waals surface area (Å²) in [5.41, 5.74) is -4.42. The Labute approximate surface area is 174 Å². The molecule has 0 fully saturated rings. The lowest BCUT2D eigenvalue weighted by molar-refractivity contribution is -0.141. The molecule has 0 spiro atoms. The van der Waals surface area contributed by atoms with E-state index >= 15 is 0 Å². The molecule has 0 aliphatic rings. The molecular weight excluding hydrogens is 446 g/mol. The monoisotopic (exact) mass is 458 g/mol. The van der Waals surface area contributed by atoms with Gasteiger partial charge in [0.15, 0.2) is 17.0 Å². The number of anilines is 1. The number of hydrogen-bond acceptors (Lipinski definition) is 5. The van der Waals surface area contributed by atoms with Gasteiger partial charge in [0.1, 0.15) is 11.4 Å². The number of aryl methyl sites for hydroxylation is 2. The van der Waals surface area contributed by atoms with E-state index in [0.29, 0.717) is 6.07 Å². The van der Waals surface area contributed by atoms with Gasteiger partial charge in [0, 0.05) is 36.1 Å². The second-order valence-corrected chi connectivity index (χ2v) is 6.97. The van der Waals surface area contributed by atoms with Crippen molar-refractivity contribution in [1.82, 2.24) is 14.8 Å². The lowest BCUT2D eigenvalue weighted by atomic mass is 9.98. The first-order valence-electron chi connectivity index (χ1n) is 8.82. The van der Waals surface area contributed by atoms with Gasteiger partial charge >= 0.3 is 12.4 Å². The van der Waals surface area contributed by atoms with E-state index in [-0.39, 0.29) is 16.8 Å². The maximum Gasteiger partial charge on any atom is 0.435 e. The van der Waals surface area contributed by atoms with Crippen LogP contribution in [0.3, 0.4) is 0 Å². The summed E-state index contributed by atoms with van der Waals surface area (Å²) in [5.74, 6) is -2.04. The van der Waals surface area contributed by atoms with Gasteiger partial charge < -0.3 is 14.8 Å². The van der Waals surface area contributed by atoms with Gasteiger partial charge in [0.25, 0.3) is 5.91 Å². The fourth-order valence-electron chi connectivity index (χ4n) is 3.36. The number of aromatic nitrogens is 3. The van der Waals surface area contributed by atoms with Gasteiger partial charge in [-0.05, 0) is 19.1 Å². The molecule has 7 nitrogen and oxygen atoms in total. The predicted octanol–water partition coefficient (Wildman–Crippen LogP) is 4.97. The smallest absolute Gasteiger partial charge is 0.435 e. The van der Waals surface area contributed by atoms with Gasteiger partial charge in [-0.3, -0.25) is 9.48 Å². The minimum absolute atomic E-state index is 0.0419. The first-order chi connectivity index (χ1) is 14.8. The molecule has 2 N–H and O–H groups in total. The summed E-state index contributed by atoms with van der Waals surface area (Å²) in [6.07, 6.45) is -8.61. The Bertz CT molecular complexity index is 1340. The van der Waals surface area contributed by atoms with Crippen LogP contribution in [0.5, 0.6) is 5.75 Å². The number of phenolic OH excluding ortho intramolecular Hbond substituents is 1. The van der Waals surface area contributed by atoms with E-state index in [2.05, 4.69) is 15.4 Å². The zero-order chi connectivity index (χ0) is 23.6. The van der Waals surface area contributed by atoms with E-state index in [0.717, 1.165) is 23.0 Å². The van der Waals surface area contributed by atoms with E-state index in [1.54, 1.807) is 0 Å². The number of hydrogen-bond donors (Lipinski definition) is 2. The molecule has 0 radical (unpaired) electrons. The van der Waals surface area contributed by atoms with Gasteiger partial charge in [-0.1, -0.05) is 0 Å². The number of benzene rings is 1. The van der Waals surface area contributed by atoms with Crippen molar-refractivity contribution in [3.8, 4) is 16.9 Å². The van der Waals surface area contributed by atoms with Crippen LogP contribution < -0.4 is 5.32 Å². The summed E-state index contributed by atoms with van der Waals surface area (Å²) >= 11 is 0. The summed E-state index contributed by atoms with van der Waals surface area (Å²) in [6, 6.07) is 2.38. The average molecular weight is 458 g/mol. The lowest BCUT2D eigenvalue weighted by Gasteiger charge is -2.12. The van der Waals surface area contributed by atoms with Crippen LogP contribution in [0.25, 0.3) is 22.3 Å². The predicted molar refractivity (Wildman–Crippen MR) is 98.2 cm³/mol. The molecule has 4 rings (SSSR count). The van der Waals surface area contributed by atoms with Gasteiger partial charge in [0.05, 0.1) is 11.1 Å². The molecule has 4 heterocycles. The maximum absolute atomic E-state index is 13.5. The van der Waals surface area contributed by atoms with E-state index < -0.39 is 57.8 Å². The molecule has 0 atom stereocenters. The van der Waals surface area contributed by atoms with Crippen molar-refractivity contribution in [3.63, 3.8) is 0 Å². The molecule has 1 amide bonds. The summed E-state index contributed by atoms with van der Waals surface area (Å²) < 4.78 is 85.8. The van der Waals surface area contributed by atoms with E-state index in [1.165, 1.54) is 14.0 Å². The van der Waals surface area contributed by atoms with Crippen molar-refractivity contribution in [2.24, 2.45) is 7.05 Å². The molecule has 0 aliphatic heterocycles. The molecule has 0 unspecified atom stereocenters. The summed E-state index contributed by atoms with van der Waals surface area (Å²) in [4.78, 5) is 16.7. The standard InChI is InChI=1S/C19H12F6N4O3/c1-7-3-8(18(20,21)22)4-12(26-7)27-17(31)14-11-5-10(30)15(32-11)13(14)9-6-29(2)28-16(9)19(23,24)25/h3-6,30H,1-2H3,(H,26,27,31). The Kier molecular flexibility index (Phi) is 4.61. The molecule has 168 valence electrons. The maximum atomic E-state index is 13.5. The van der Waals surface area contributed by atoms with Crippen LogP contribution >= 0.6 is 0 Å². The Morgan fingerprint density at radius 2 is 1.81 bits per heavy atom. The van der Waals surface area contributed by atoms with Crippen LogP contribution in [0, 0.1) is 6.92 Å². The van der Waals surface area contributed by atoms with Crippen LogP contribution in [-0.4, -0.2) is 25.8 Å². The van der Waals surface area contributed by atoms with Crippen LogP contribution in [0.15, 0.2) is 28.8 Å². The van der Waals surface area contributed by atoms with E-state index in [4.69, 9.17) is 4.42 Å². The fourth-order valence-corrected chi connectivity index (χ4v) is 3.36. The number of phenols is 1. The quantitative estimate of drug-likeness (QED) is 0.423. The SMILES string of the molecule is Cc1cc(C(F)(F)F)cc(NC(=O)c2c(-c3cn(C)nc3C(F)(F)F)c3oc2cc3O)n1. The van der Waals surface area contributed by atoms with E-state index in [1.807, 2.05) is 0 Å². The zero-order valence-electron chi connectivity index (χ0n) is 16.2. The Hall–Kier alpha value is -3.77. The molecule has 0 aromatic carbocycles. The molecule has 2 bridgehead atoms. The molecule has 32 heavy (non-hydrogen) atoms. The molecule has 4 aromatic heterocycles. The summed E-state index contributed by atoms with van der Waals surface area (Å²) in [7, 11) is 1.23. The van der Waals surface area contributed by atoms with Crippen molar-refractivity contribution in [1.29, 1.82) is 0 Å². The lowest BCUT2D eigenvalue weighted by Crippen LogP contribution is -2.16. The number of nitrogens with zero attached hydrogens (tertiary/aromatic N) is 3. The number of pyridine rings is 1. The molecule has 13 heteroatoms. The average Bonchev–Trinajstić information content (AvgIpc) is 3.31. The Morgan fingerprint density at radius 3 is 2.44 bits per heavy atom. The van der Waals surface area contributed by atoms with Gasteiger partial charge in [-0.2, -0.15) is 31.4 Å². The molecule has 4 aromatic rings. The van der Waals surface area contributed by atoms with Crippen molar-refractivity contribution < 1.29 is 40.7 Å². The van der Waals surface area contributed by atoms with Crippen LogP contribution in [0.1, 0.15) is 27.3 Å². The largest absolute Gasteiger partial charge is 0.504 e. The number of furan rings is 2. The van der Waals surface area contributed by atoms with Crippen molar-refractivity contribution in [2.45, 2.75) is 19.3 Å². The number of fused-ring (bicyclic) bond motifs is 2. The highest BCUT2D eigenvalue weighted by atomic mass is 19.4. The summed E-state index contributed by atoms with van der Waals surface area (Å²) in [5, 5.41) is 15.5. The first-order valence-corrected chi connectivity index (χ1v) is 8.82.